The zero-order valence-electron chi connectivity index (χ0n) is 12.3. The molecule has 2 N–H and O–H groups in total. The van der Waals surface area contributed by atoms with Gasteiger partial charge in [0, 0.05) is 11.4 Å². The number of aryl methyl sites for hydroxylation is 1. The number of nitrogens with one attached hydrogen (secondary N) is 1. The van der Waals surface area contributed by atoms with Gasteiger partial charge in [0.25, 0.3) is 0 Å². The van der Waals surface area contributed by atoms with Crippen LogP contribution in [0.5, 0.6) is 0 Å². The molecular formula is C14H23NO4S2. The van der Waals surface area contributed by atoms with Gasteiger partial charge in [0.05, 0.1) is 19.3 Å². The maximum absolute atomic E-state index is 12.1. The van der Waals surface area contributed by atoms with Crippen LogP contribution < -0.4 is 4.72 Å². The molecule has 1 aromatic rings. The van der Waals surface area contributed by atoms with Gasteiger partial charge >= 0.3 is 0 Å². The molecule has 1 saturated carbocycles. The fraction of sp³-hybridized carbons (Fsp3) is 0.714. The predicted octanol–water partition coefficient (Wildman–Crippen LogP) is 2.18. The summed E-state index contributed by atoms with van der Waals surface area (Å²) >= 11 is 1.11. The van der Waals surface area contributed by atoms with Crippen molar-refractivity contribution in [2.45, 2.75) is 55.9 Å². The minimum absolute atomic E-state index is 0.128. The van der Waals surface area contributed by atoms with E-state index < -0.39 is 10.0 Å². The molecule has 2 rings (SSSR count). The molecule has 7 heteroatoms. The number of hydrogen-bond donors (Lipinski definition) is 2. The lowest BCUT2D eigenvalue weighted by Gasteiger charge is -2.21. The average molecular weight is 333 g/mol. The molecule has 0 radical (unpaired) electrons. The summed E-state index contributed by atoms with van der Waals surface area (Å²) in [5, 5.41) is 9.13. The van der Waals surface area contributed by atoms with Crippen LogP contribution in [0.1, 0.15) is 42.5 Å². The van der Waals surface area contributed by atoms with Crippen molar-refractivity contribution in [2.75, 3.05) is 13.2 Å². The van der Waals surface area contributed by atoms with E-state index in [0.29, 0.717) is 11.5 Å². The van der Waals surface area contributed by atoms with Crippen molar-refractivity contribution in [1.82, 2.24) is 4.72 Å². The summed E-state index contributed by atoms with van der Waals surface area (Å²) in [6, 6.07) is 1.60. The van der Waals surface area contributed by atoms with E-state index in [9.17, 15) is 8.42 Å². The zero-order valence-corrected chi connectivity index (χ0v) is 13.9. The van der Waals surface area contributed by atoms with Gasteiger partial charge in [-0.3, -0.25) is 0 Å². The average Bonchev–Trinajstić information content (AvgIpc) is 2.87. The van der Waals surface area contributed by atoms with E-state index in [1.165, 1.54) is 19.3 Å². The highest BCUT2D eigenvalue weighted by Crippen LogP contribution is 2.25. The first-order chi connectivity index (χ1) is 10.0. The van der Waals surface area contributed by atoms with E-state index in [1.807, 2.05) is 0 Å². The maximum Gasteiger partial charge on any atom is 0.250 e. The monoisotopic (exact) mass is 333 g/mol. The smallest absolute Gasteiger partial charge is 0.250 e. The first-order valence-corrected chi connectivity index (χ1v) is 9.64. The first-order valence-electron chi connectivity index (χ1n) is 7.34. The Kier molecular flexibility index (Phi) is 6.19. The summed E-state index contributed by atoms with van der Waals surface area (Å²) in [6.07, 6.45) is 6.13. The van der Waals surface area contributed by atoms with Crippen LogP contribution in [0.25, 0.3) is 0 Å². The normalized spacial score (nSPS) is 17.2. The molecular weight excluding hydrogens is 310 g/mol. The van der Waals surface area contributed by atoms with Gasteiger partial charge in [-0.25, -0.2) is 13.1 Å². The highest BCUT2D eigenvalue weighted by atomic mass is 32.2. The van der Waals surface area contributed by atoms with Crippen molar-refractivity contribution in [3.05, 3.63) is 16.5 Å². The fourth-order valence-corrected chi connectivity index (χ4v) is 4.99. The van der Waals surface area contributed by atoms with Crippen molar-refractivity contribution in [2.24, 2.45) is 0 Å². The molecule has 0 amide bonds. The number of ether oxygens (including phenoxy) is 1. The summed E-state index contributed by atoms with van der Waals surface area (Å²) < 4.78 is 32.8. The molecule has 21 heavy (non-hydrogen) atoms. The number of hydrogen-bond acceptors (Lipinski definition) is 5. The van der Waals surface area contributed by atoms with Gasteiger partial charge in [-0.2, -0.15) is 0 Å². The minimum atomic E-state index is -3.50. The minimum Gasteiger partial charge on any atom is -0.391 e. The maximum atomic E-state index is 12.1. The predicted molar refractivity (Wildman–Crippen MR) is 83.0 cm³/mol. The highest BCUT2D eigenvalue weighted by Gasteiger charge is 2.19. The molecule has 5 nitrogen and oxygen atoms in total. The van der Waals surface area contributed by atoms with E-state index in [-0.39, 0.29) is 23.5 Å². The zero-order chi connectivity index (χ0) is 15.3. The van der Waals surface area contributed by atoms with Gasteiger partial charge in [0.1, 0.15) is 4.21 Å². The van der Waals surface area contributed by atoms with Gasteiger partial charge < -0.3 is 9.84 Å². The van der Waals surface area contributed by atoms with Crippen LogP contribution in [0.4, 0.5) is 0 Å². The second kappa shape index (κ2) is 7.69. The molecule has 0 aliphatic heterocycles. The van der Waals surface area contributed by atoms with E-state index in [2.05, 4.69) is 4.72 Å². The number of aliphatic hydroxyl groups is 1. The molecule has 1 aliphatic rings. The third-order valence-electron chi connectivity index (χ3n) is 3.71. The van der Waals surface area contributed by atoms with E-state index in [1.54, 1.807) is 13.0 Å². The standard InChI is InChI=1S/C14H23NO4S2/c1-11-9-14(20-13(11)10-16)21(17,18)15-7-8-19-12-5-3-2-4-6-12/h9,12,15-16H,2-8,10H2,1H3. The van der Waals surface area contributed by atoms with Gasteiger partial charge in [-0.15, -0.1) is 11.3 Å². The lowest BCUT2D eigenvalue weighted by atomic mass is 9.98. The van der Waals surface area contributed by atoms with Gasteiger partial charge in [0.2, 0.25) is 10.0 Å². The van der Waals surface area contributed by atoms with Gasteiger partial charge in [-0.1, -0.05) is 19.3 Å². The molecule has 0 bridgehead atoms. The summed E-state index contributed by atoms with van der Waals surface area (Å²) in [4.78, 5) is 0.689. The molecule has 1 aliphatic carbocycles. The number of thiophene rings is 1. The first kappa shape index (κ1) is 16.9. The van der Waals surface area contributed by atoms with Crippen molar-refractivity contribution in [3.63, 3.8) is 0 Å². The Balaban J connectivity index is 1.80. The summed E-state index contributed by atoms with van der Waals surface area (Å²) in [7, 11) is -3.50. The van der Waals surface area contributed by atoms with Crippen molar-refractivity contribution < 1.29 is 18.3 Å². The molecule has 1 heterocycles. The Bertz CT molecular complexity index is 547. The summed E-state index contributed by atoms with van der Waals surface area (Å²) in [5.74, 6) is 0. The largest absolute Gasteiger partial charge is 0.391 e. The van der Waals surface area contributed by atoms with Crippen LogP contribution in [-0.2, 0) is 21.4 Å². The molecule has 0 atom stereocenters. The summed E-state index contributed by atoms with van der Waals surface area (Å²) in [5.41, 5.74) is 0.807. The van der Waals surface area contributed by atoms with Gasteiger partial charge in [-0.05, 0) is 31.4 Å². The SMILES string of the molecule is Cc1cc(S(=O)(=O)NCCOC2CCCCC2)sc1CO. The summed E-state index contributed by atoms with van der Waals surface area (Å²) in [6.45, 7) is 2.36. The van der Waals surface area contributed by atoms with Crippen molar-refractivity contribution >= 4 is 21.4 Å². The van der Waals surface area contributed by atoms with E-state index in [0.717, 1.165) is 29.7 Å². The molecule has 0 saturated heterocycles. The third-order valence-corrected chi connectivity index (χ3v) is 6.86. The quantitative estimate of drug-likeness (QED) is 0.750. The fourth-order valence-electron chi connectivity index (χ4n) is 2.48. The van der Waals surface area contributed by atoms with Crippen LogP contribution in [0.15, 0.2) is 10.3 Å². The molecule has 1 fully saturated rings. The molecule has 1 aromatic heterocycles. The Morgan fingerprint density at radius 1 is 1.38 bits per heavy atom. The molecule has 0 unspecified atom stereocenters. The van der Waals surface area contributed by atoms with Crippen molar-refractivity contribution in [1.29, 1.82) is 0 Å². The third kappa shape index (κ3) is 4.75. The van der Waals surface area contributed by atoms with E-state index >= 15 is 0 Å². The second-order valence-corrected chi connectivity index (χ2v) is 8.49. The van der Waals surface area contributed by atoms with Crippen LogP contribution >= 0.6 is 11.3 Å². The number of aliphatic hydroxyl groups excluding tert-OH is 1. The number of rotatable bonds is 7. The Labute approximate surface area is 130 Å². The molecule has 120 valence electrons. The Morgan fingerprint density at radius 2 is 2.10 bits per heavy atom. The van der Waals surface area contributed by atoms with E-state index in [4.69, 9.17) is 9.84 Å². The lowest BCUT2D eigenvalue weighted by molar-refractivity contribution is 0.0321. The lowest BCUT2D eigenvalue weighted by Crippen LogP contribution is -2.29. The Morgan fingerprint density at radius 3 is 2.71 bits per heavy atom. The van der Waals surface area contributed by atoms with Gasteiger partial charge in [0.15, 0.2) is 0 Å². The second-order valence-electron chi connectivity index (χ2n) is 5.36. The topological polar surface area (TPSA) is 75.6 Å². The number of sulfonamides is 1. The highest BCUT2D eigenvalue weighted by molar-refractivity contribution is 7.91. The van der Waals surface area contributed by atoms with Crippen LogP contribution in [0, 0.1) is 6.92 Å². The molecule has 0 spiro atoms. The molecule has 0 aromatic carbocycles. The van der Waals surface area contributed by atoms with Crippen LogP contribution in [0.2, 0.25) is 0 Å². The van der Waals surface area contributed by atoms with Crippen molar-refractivity contribution in [3.8, 4) is 0 Å². The van der Waals surface area contributed by atoms with Crippen LogP contribution in [0.3, 0.4) is 0 Å². The Hall–Kier alpha value is -0.470. The van der Waals surface area contributed by atoms with Crippen LogP contribution in [-0.4, -0.2) is 32.8 Å².